The number of nitrogens with one attached hydrogen (secondary N) is 1. The molecule has 1 aromatic carbocycles. The van der Waals surface area contributed by atoms with Crippen LogP contribution in [0, 0.1) is 0 Å². The van der Waals surface area contributed by atoms with E-state index in [-0.39, 0.29) is 17.0 Å². The molecule has 1 unspecified atom stereocenters. The quantitative estimate of drug-likeness (QED) is 0.895. The second-order valence-electron chi connectivity index (χ2n) is 5.96. The molecule has 7 nitrogen and oxygen atoms in total. The highest BCUT2D eigenvalue weighted by atomic mass is 16.4. The Morgan fingerprint density at radius 3 is 2.57 bits per heavy atom. The molecule has 0 radical (unpaired) electrons. The number of hydrogen-bond acceptors (Lipinski definition) is 4. The third kappa shape index (κ3) is 3.18. The Balaban J connectivity index is 2.39. The van der Waals surface area contributed by atoms with Gasteiger partial charge in [-0.2, -0.15) is 0 Å². The van der Waals surface area contributed by atoms with Crippen molar-refractivity contribution in [2.24, 2.45) is 0 Å². The zero-order valence-electron chi connectivity index (χ0n) is 12.4. The molecule has 0 spiro atoms. The standard InChI is InChI=1S/C14H18N4O3/c1-8(12(19)15-14(2,3)4)18-11-7-9(13(20)21)5-6-10(11)16-17-18/h5-8H,1-4H3,(H,15,19)(H,20,21). The molecule has 112 valence electrons. The fraction of sp³-hybridized carbons (Fsp3) is 0.429. The van der Waals surface area contributed by atoms with Crippen molar-refractivity contribution >= 4 is 22.9 Å². The van der Waals surface area contributed by atoms with Crippen LogP contribution in [0.4, 0.5) is 0 Å². The molecule has 0 aliphatic carbocycles. The second-order valence-corrected chi connectivity index (χ2v) is 5.96. The van der Waals surface area contributed by atoms with E-state index in [9.17, 15) is 9.59 Å². The summed E-state index contributed by atoms with van der Waals surface area (Å²) in [7, 11) is 0. The highest BCUT2D eigenvalue weighted by molar-refractivity contribution is 5.92. The predicted octanol–water partition coefficient (Wildman–Crippen LogP) is 1.61. The number of amides is 1. The molecule has 1 heterocycles. The fourth-order valence-corrected chi connectivity index (χ4v) is 1.94. The van der Waals surface area contributed by atoms with Gasteiger partial charge in [-0.1, -0.05) is 5.21 Å². The smallest absolute Gasteiger partial charge is 0.335 e. The van der Waals surface area contributed by atoms with Gasteiger partial charge in [-0.05, 0) is 45.9 Å². The summed E-state index contributed by atoms with van der Waals surface area (Å²) < 4.78 is 1.43. The van der Waals surface area contributed by atoms with Crippen LogP contribution >= 0.6 is 0 Å². The summed E-state index contributed by atoms with van der Waals surface area (Å²) in [6.07, 6.45) is 0. The van der Waals surface area contributed by atoms with Crippen LogP contribution in [0.5, 0.6) is 0 Å². The van der Waals surface area contributed by atoms with Gasteiger partial charge in [-0.15, -0.1) is 5.10 Å². The number of benzene rings is 1. The number of carboxylic acids is 1. The Morgan fingerprint density at radius 1 is 1.33 bits per heavy atom. The van der Waals surface area contributed by atoms with Crippen LogP contribution in [0.3, 0.4) is 0 Å². The van der Waals surface area contributed by atoms with Gasteiger partial charge in [0.1, 0.15) is 11.6 Å². The molecular weight excluding hydrogens is 272 g/mol. The molecule has 7 heteroatoms. The Bertz CT molecular complexity index is 700. The Morgan fingerprint density at radius 2 is 2.00 bits per heavy atom. The van der Waals surface area contributed by atoms with Crippen molar-refractivity contribution in [1.29, 1.82) is 0 Å². The summed E-state index contributed by atoms with van der Waals surface area (Å²) in [5.41, 5.74) is 0.852. The maximum Gasteiger partial charge on any atom is 0.335 e. The first kappa shape index (κ1) is 15.0. The molecule has 0 aliphatic heterocycles. The van der Waals surface area contributed by atoms with E-state index in [4.69, 9.17) is 5.11 Å². The number of aromatic nitrogens is 3. The summed E-state index contributed by atoms with van der Waals surface area (Å²) in [6, 6.07) is 3.93. The summed E-state index contributed by atoms with van der Waals surface area (Å²) in [5, 5.41) is 19.8. The Labute approximate surface area is 121 Å². The first-order valence-electron chi connectivity index (χ1n) is 6.59. The van der Waals surface area contributed by atoms with Gasteiger partial charge in [0.15, 0.2) is 0 Å². The third-order valence-corrected chi connectivity index (χ3v) is 2.96. The normalized spacial score (nSPS) is 13.1. The number of carboxylic acid groups (broad SMARTS) is 1. The molecule has 0 saturated heterocycles. The Hall–Kier alpha value is -2.44. The van der Waals surface area contributed by atoms with Crippen molar-refractivity contribution in [3.05, 3.63) is 23.8 Å². The van der Waals surface area contributed by atoms with E-state index in [1.807, 2.05) is 20.8 Å². The average Bonchev–Trinajstić information content (AvgIpc) is 2.78. The minimum Gasteiger partial charge on any atom is -0.478 e. The average molecular weight is 290 g/mol. The molecule has 0 bridgehead atoms. The number of fused-ring (bicyclic) bond motifs is 1. The predicted molar refractivity (Wildman–Crippen MR) is 77.1 cm³/mol. The highest BCUT2D eigenvalue weighted by Crippen LogP contribution is 2.18. The summed E-state index contributed by atoms with van der Waals surface area (Å²) in [4.78, 5) is 23.2. The minimum atomic E-state index is -1.03. The minimum absolute atomic E-state index is 0.134. The van der Waals surface area contributed by atoms with E-state index in [1.165, 1.54) is 16.8 Å². The first-order valence-corrected chi connectivity index (χ1v) is 6.59. The van der Waals surface area contributed by atoms with Crippen LogP contribution in [-0.4, -0.2) is 37.5 Å². The number of nitrogens with zero attached hydrogens (tertiary/aromatic N) is 3. The van der Waals surface area contributed by atoms with Gasteiger partial charge >= 0.3 is 5.97 Å². The number of hydrogen-bond donors (Lipinski definition) is 2. The molecule has 0 fully saturated rings. The van der Waals surface area contributed by atoms with Crippen molar-refractivity contribution in [2.45, 2.75) is 39.3 Å². The highest BCUT2D eigenvalue weighted by Gasteiger charge is 2.23. The second kappa shape index (κ2) is 5.16. The van der Waals surface area contributed by atoms with E-state index in [0.29, 0.717) is 11.0 Å². The molecule has 2 N–H and O–H groups in total. The summed E-state index contributed by atoms with van der Waals surface area (Å²) in [5.74, 6) is -1.23. The molecule has 2 aromatic rings. The lowest BCUT2D eigenvalue weighted by atomic mass is 10.1. The zero-order chi connectivity index (χ0) is 15.8. The van der Waals surface area contributed by atoms with Crippen LogP contribution in [-0.2, 0) is 4.79 Å². The molecule has 0 saturated carbocycles. The van der Waals surface area contributed by atoms with Gasteiger partial charge in [-0.25, -0.2) is 9.48 Å². The molecule has 2 rings (SSSR count). The van der Waals surface area contributed by atoms with Gasteiger partial charge in [0.25, 0.3) is 0 Å². The maximum absolute atomic E-state index is 12.2. The van der Waals surface area contributed by atoms with E-state index in [0.717, 1.165) is 0 Å². The van der Waals surface area contributed by atoms with Crippen molar-refractivity contribution in [3.8, 4) is 0 Å². The van der Waals surface area contributed by atoms with Crippen LogP contribution in [0.2, 0.25) is 0 Å². The van der Waals surface area contributed by atoms with Crippen molar-refractivity contribution in [3.63, 3.8) is 0 Å². The van der Waals surface area contributed by atoms with Gasteiger partial charge < -0.3 is 10.4 Å². The zero-order valence-corrected chi connectivity index (χ0v) is 12.4. The number of rotatable bonds is 3. The van der Waals surface area contributed by atoms with Crippen LogP contribution in [0.25, 0.3) is 11.0 Å². The van der Waals surface area contributed by atoms with Crippen molar-refractivity contribution in [1.82, 2.24) is 20.3 Å². The SMILES string of the molecule is CC(C(=O)NC(C)(C)C)n1nnc2ccc(C(=O)O)cc21. The topological polar surface area (TPSA) is 97.1 Å². The number of aromatic carboxylic acids is 1. The largest absolute Gasteiger partial charge is 0.478 e. The van der Waals surface area contributed by atoms with Crippen LogP contribution in [0.15, 0.2) is 18.2 Å². The van der Waals surface area contributed by atoms with Gasteiger partial charge in [0, 0.05) is 5.54 Å². The van der Waals surface area contributed by atoms with Crippen LogP contribution in [0.1, 0.15) is 44.1 Å². The van der Waals surface area contributed by atoms with Crippen molar-refractivity contribution < 1.29 is 14.7 Å². The molecule has 1 aromatic heterocycles. The van der Waals surface area contributed by atoms with E-state index in [1.54, 1.807) is 13.0 Å². The monoisotopic (exact) mass is 290 g/mol. The van der Waals surface area contributed by atoms with Crippen LogP contribution < -0.4 is 5.32 Å². The molecule has 1 amide bonds. The third-order valence-electron chi connectivity index (χ3n) is 2.96. The molecule has 1 atom stereocenters. The molecule has 21 heavy (non-hydrogen) atoms. The van der Waals surface area contributed by atoms with Crippen molar-refractivity contribution in [2.75, 3.05) is 0 Å². The maximum atomic E-state index is 12.2. The van der Waals surface area contributed by atoms with E-state index >= 15 is 0 Å². The van der Waals surface area contributed by atoms with E-state index in [2.05, 4.69) is 15.6 Å². The molecule has 0 aliphatic rings. The number of carbonyl (C=O) groups is 2. The lowest BCUT2D eigenvalue weighted by Gasteiger charge is -2.23. The lowest BCUT2D eigenvalue weighted by molar-refractivity contribution is -0.125. The lowest BCUT2D eigenvalue weighted by Crippen LogP contribution is -2.44. The number of carbonyl (C=O) groups excluding carboxylic acids is 1. The summed E-state index contributed by atoms with van der Waals surface area (Å²) >= 11 is 0. The molecular formula is C14H18N4O3. The summed E-state index contributed by atoms with van der Waals surface area (Å²) in [6.45, 7) is 7.36. The van der Waals surface area contributed by atoms with Gasteiger partial charge in [-0.3, -0.25) is 4.79 Å². The van der Waals surface area contributed by atoms with Gasteiger partial charge in [0.05, 0.1) is 11.1 Å². The Kier molecular flexibility index (Phi) is 3.67. The fourth-order valence-electron chi connectivity index (χ4n) is 1.94. The van der Waals surface area contributed by atoms with E-state index < -0.39 is 12.0 Å². The first-order chi connectivity index (χ1) is 9.69. The van der Waals surface area contributed by atoms with Gasteiger partial charge in [0.2, 0.25) is 5.91 Å².